The Kier molecular flexibility index (Phi) is 6.09. The van der Waals surface area contributed by atoms with Crippen LogP contribution in [0.5, 0.6) is 11.5 Å². The molecule has 1 unspecified atom stereocenters. The summed E-state index contributed by atoms with van der Waals surface area (Å²) < 4.78 is 15.3. The van der Waals surface area contributed by atoms with Gasteiger partial charge in [-0.3, -0.25) is 0 Å². The van der Waals surface area contributed by atoms with Crippen molar-refractivity contribution >= 4 is 29.3 Å². The summed E-state index contributed by atoms with van der Waals surface area (Å²) >= 11 is 1.76. The van der Waals surface area contributed by atoms with Crippen LogP contribution in [0.4, 0.5) is 11.4 Å². The van der Waals surface area contributed by atoms with E-state index in [0.717, 1.165) is 38.7 Å². The minimum atomic E-state index is -1.08. The van der Waals surface area contributed by atoms with E-state index in [9.17, 15) is 4.79 Å². The van der Waals surface area contributed by atoms with Crippen molar-refractivity contribution in [2.24, 2.45) is 0 Å². The molecule has 0 amide bonds. The number of ether oxygens (including phenoxy) is 2. The largest absolute Gasteiger partial charge is 0.456 e. The normalized spacial score (nSPS) is 19.7. The number of anilines is 2. The third kappa shape index (κ3) is 4.19. The van der Waals surface area contributed by atoms with Gasteiger partial charge < -0.3 is 14.8 Å². The molecule has 4 aromatic carbocycles. The predicted octanol–water partition coefficient (Wildman–Crippen LogP) is 8.27. The predicted molar refractivity (Wildman–Crippen MR) is 155 cm³/mol. The topological polar surface area (TPSA) is 50.8 Å². The molecule has 5 nitrogen and oxygen atoms in total. The Labute approximate surface area is 233 Å². The van der Waals surface area contributed by atoms with E-state index in [4.69, 9.17) is 9.47 Å². The van der Waals surface area contributed by atoms with E-state index in [1.807, 2.05) is 72.8 Å². The molecule has 1 spiro atoms. The fourth-order valence-electron chi connectivity index (χ4n) is 6.16. The van der Waals surface area contributed by atoms with Crippen molar-refractivity contribution < 1.29 is 14.3 Å². The van der Waals surface area contributed by atoms with Gasteiger partial charge >= 0.3 is 5.97 Å². The molecule has 2 aliphatic heterocycles. The molecule has 0 radical (unpaired) electrons. The zero-order chi connectivity index (χ0) is 26.4. The van der Waals surface area contributed by atoms with E-state index in [1.165, 1.54) is 32.1 Å². The van der Waals surface area contributed by atoms with Crippen LogP contribution < -0.4 is 10.1 Å². The number of hydrogen-bond acceptors (Lipinski definition) is 6. The summed E-state index contributed by atoms with van der Waals surface area (Å²) in [7, 11) is 2.19. The Hall–Kier alpha value is -3.74. The minimum absolute atomic E-state index is 0.318. The van der Waals surface area contributed by atoms with Crippen molar-refractivity contribution in [2.75, 3.05) is 12.4 Å². The van der Waals surface area contributed by atoms with Gasteiger partial charge in [0.15, 0.2) is 5.60 Å². The molecular formula is C33H30N2O3S. The number of nitrogens with zero attached hydrogens (tertiary/aromatic N) is 1. The highest BCUT2D eigenvalue weighted by molar-refractivity contribution is 7.97. The third-order valence-electron chi connectivity index (χ3n) is 8.08. The van der Waals surface area contributed by atoms with Crippen LogP contribution in [0.25, 0.3) is 0 Å². The maximum atomic E-state index is 13.2. The third-order valence-corrected chi connectivity index (χ3v) is 9.13. The Balaban J connectivity index is 1.31. The quantitative estimate of drug-likeness (QED) is 0.205. The van der Waals surface area contributed by atoms with Gasteiger partial charge in [-0.25, -0.2) is 9.10 Å². The summed E-state index contributed by atoms with van der Waals surface area (Å²) in [6.45, 7) is 0. The number of benzene rings is 4. The maximum Gasteiger partial charge on any atom is 0.340 e. The fraction of sp³-hybridized carbons (Fsp3) is 0.242. The van der Waals surface area contributed by atoms with Crippen LogP contribution >= 0.6 is 11.9 Å². The fourth-order valence-corrected chi connectivity index (χ4v) is 7.14. The van der Waals surface area contributed by atoms with Crippen LogP contribution in [-0.2, 0) is 10.3 Å². The van der Waals surface area contributed by atoms with Crippen LogP contribution in [0.1, 0.15) is 59.2 Å². The average Bonchev–Trinajstić information content (AvgIpc) is 3.27. The van der Waals surface area contributed by atoms with Gasteiger partial charge in [-0.05, 0) is 86.4 Å². The number of para-hydroxylation sites is 1. The van der Waals surface area contributed by atoms with Crippen molar-refractivity contribution in [2.45, 2.75) is 48.6 Å². The van der Waals surface area contributed by atoms with Crippen LogP contribution in [0.3, 0.4) is 0 Å². The van der Waals surface area contributed by atoms with E-state index in [-0.39, 0.29) is 5.97 Å². The Morgan fingerprint density at radius 2 is 1.59 bits per heavy atom. The Morgan fingerprint density at radius 3 is 2.44 bits per heavy atom. The zero-order valence-electron chi connectivity index (χ0n) is 21.9. The van der Waals surface area contributed by atoms with E-state index < -0.39 is 5.60 Å². The molecule has 0 saturated heterocycles. The number of fused-ring (bicyclic) bond motifs is 6. The average molecular weight is 535 g/mol. The number of rotatable bonds is 5. The first kappa shape index (κ1) is 24.3. The number of esters is 1. The minimum Gasteiger partial charge on any atom is -0.456 e. The summed E-state index contributed by atoms with van der Waals surface area (Å²) in [5, 5.41) is 3.48. The van der Waals surface area contributed by atoms with Gasteiger partial charge in [-0.2, -0.15) is 0 Å². The van der Waals surface area contributed by atoms with E-state index in [1.54, 1.807) is 11.9 Å². The number of carbonyl (C=O) groups excluding carboxylic acids is 1. The lowest BCUT2D eigenvalue weighted by Crippen LogP contribution is -2.33. The molecule has 6 heteroatoms. The Bertz CT molecular complexity index is 1550. The summed E-state index contributed by atoms with van der Waals surface area (Å²) in [5.74, 6) is 1.09. The highest BCUT2D eigenvalue weighted by Crippen LogP contribution is 2.57. The maximum absolute atomic E-state index is 13.2. The summed E-state index contributed by atoms with van der Waals surface area (Å²) in [6, 6.07) is 30.6. The van der Waals surface area contributed by atoms with Crippen molar-refractivity contribution in [1.82, 2.24) is 4.31 Å². The smallest absolute Gasteiger partial charge is 0.340 e. The number of nitrogens with one attached hydrogen (secondary N) is 1. The van der Waals surface area contributed by atoms with Gasteiger partial charge in [0.05, 0.1) is 5.56 Å². The van der Waals surface area contributed by atoms with Crippen molar-refractivity contribution in [3.8, 4) is 11.5 Å². The molecule has 39 heavy (non-hydrogen) atoms. The molecule has 1 N–H and O–H groups in total. The molecule has 2 heterocycles. The SMILES string of the molecule is CN(Sc1ccc2c(c1)Oc1ccc(Nc3ccccc3)cc1C21OC(=O)c2ccccc21)C1CCCCC1. The van der Waals surface area contributed by atoms with Gasteiger partial charge in [0.1, 0.15) is 11.5 Å². The van der Waals surface area contributed by atoms with E-state index in [2.05, 4.69) is 34.9 Å². The molecule has 0 bridgehead atoms. The number of carbonyl (C=O) groups is 1. The number of hydrogen-bond donors (Lipinski definition) is 1. The van der Waals surface area contributed by atoms with Crippen molar-refractivity contribution in [1.29, 1.82) is 0 Å². The van der Waals surface area contributed by atoms with Gasteiger partial charge in [0.2, 0.25) is 0 Å². The standard InChI is InChI=1S/C33H30N2O3S/c1-35(24-12-6-3-7-13-24)39-25-17-18-28-31(21-25)37-30-19-16-23(34-22-10-4-2-5-11-22)20-29(30)33(28)27-15-9-8-14-26(27)32(36)38-33/h2,4-5,8-11,14-21,24,34H,3,6-7,12-13H2,1H3. The van der Waals surface area contributed by atoms with E-state index >= 15 is 0 Å². The molecule has 196 valence electrons. The molecule has 7 rings (SSSR count). The van der Waals surface area contributed by atoms with Gasteiger partial charge in [0, 0.05) is 39.0 Å². The van der Waals surface area contributed by atoms with Crippen molar-refractivity contribution in [3.05, 3.63) is 113 Å². The van der Waals surface area contributed by atoms with Gasteiger partial charge in [-0.1, -0.05) is 55.7 Å². The van der Waals surface area contributed by atoms with Crippen LogP contribution in [0.15, 0.2) is 95.9 Å². The molecule has 1 atom stereocenters. The first-order valence-electron chi connectivity index (χ1n) is 13.6. The van der Waals surface area contributed by atoms with Gasteiger partial charge in [-0.15, -0.1) is 0 Å². The zero-order valence-corrected chi connectivity index (χ0v) is 22.7. The lowest BCUT2D eigenvalue weighted by Gasteiger charge is -2.37. The van der Waals surface area contributed by atoms with E-state index in [0.29, 0.717) is 17.4 Å². The molecular weight excluding hydrogens is 504 g/mol. The lowest BCUT2D eigenvalue weighted by atomic mass is 9.77. The molecule has 4 aromatic rings. The highest BCUT2D eigenvalue weighted by Gasteiger charge is 2.53. The molecule has 0 aromatic heterocycles. The van der Waals surface area contributed by atoms with Crippen LogP contribution in [-0.4, -0.2) is 23.4 Å². The first-order chi connectivity index (χ1) is 19.1. The molecule has 1 saturated carbocycles. The first-order valence-corrected chi connectivity index (χ1v) is 14.4. The van der Waals surface area contributed by atoms with Crippen molar-refractivity contribution in [3.63, 3.8) is 0 Å². The highest BCUT2D eigenvalue weighted by atomic mass is 32.2. The second-order valence-electron chi connectivity index (χ2n) is 10.5. The van der Waals surface area contributed by atoms with Crippen LogP contribution in [0, 0.1) is 0 Å². The van der Waals surface area contributed by atoms with Gasteiger partial charge in [0.25, 0.3) is 0 Å². The lowest BCUT2D eigenvalue weighted by molar-refractivity contribution is 0.0224. The van der Waals surface area contributed by atoms with Crippen LogP contribution in [0.2, 0.25) is 0 Å². The molecule has 1 fully saturated rings. The Morgan fingerprint density at radius 1 is 0.795 bits per heavy atom. The second kappa shape index (κ2) is 9.78. The second-order valence-corrected chi connectivity index (χ2v) is 11.7. The summed E-state index contributed by atoms with van der Waals surface area (Å²) in [5.41, 5.74) is 3.89. The molecule has 3 aliphatic rings. The summed E-state index contributed by atoms with van der Waals surface area (Å²) in [4.78, 5) is 14.3. The summed E-state index contributed by atoms with van der Waals surface area (Å²) in [6.07, 6.45) is 6.43. The molecule has 1 aliphatic carbocycles. The monoisotopic (exact) mass is 534 g/mol.